The molecule has 0 aliphatic carbocycles. The van der Waals surface area contributed by atoms with E-state index in [0.29, 0.717) is 41.8 Å². The number of oxazole rings is 1. The number of nitrogens with one attached hydrogen (secondary N) is 1. The summed E-state index contributed by atoms with van der Waals surface area (Å²) in [4.78, 5) is 4.05. The van der Waals surface area contributed by atoms with Gasteiger partial charge >= 0.3 is 0 Å². The molecule has 0 saturated carbocycles. The second-order valence-corrected chi connectivity index (χ2v) is 4.85. The minimum Gasteiger partial charge on any atom is -0.459 e. The average Bonchev–Trinajstić information content (AvgIpc) is 3.19. The topological polar surface area (TPSA) is 75.0 Å². The number of hydrogen-bond acceptors (Lipinski definition) is 5. The van der Waals surface area contributed by atoms with E-state index in [9.17, 15) is 4.39 Å². The highest BCUT2D eigenvalue weighted by Gasteiger charge is 2.13. The molecular weight excluding hydrogens is 297 g/mol. The average molecular weight is 311 g/mol. The summed E-state index contributed by atoms with van der Waals surface area (Å²) < 4.78 is 24.8. The highest BCUT2D eigenvalue weighted by Crippen LogP contribution is 2.25. The Kier molecular flexibility index (Phi) is 4.11. The molecule has 0 fully saturated rings. The van der Waals surface area contributed by atoms with Crippen LogP contribution in [0.5, 0.6) is 0 Å². The Morgan fingerprint density at radius 1 is 1.22 bits per heavy atom. The van der Waals surface area contributed by atoms with E-state index in [2.05, 4.69) is 10.3 Å². The van der Waals surface area contributed by atoms with Crippen LogP contribution in [0.3, 0.4) is 0 Å². The molecule has 0 unspecified atom stereocenters. The van der Waals surface area contributed by atoms with Crippen LogP contribution in [0.4, 0.5) is 10.3 Å². The highest BCUT2D eigenvalue weighted by molar-refractivity contribution is 5.58. The van der Waals surface area contributed by atoms with Gasteiger partial charge in [0, 0.05) is 6.42 Å². The summed E-state index contributed by atoms with van der Waals surface area (Å²) in [5.74, 6) is 1.52. The zero-order valence-electron chi connectivity index (χ0n) is 12.5. The predicted octanol–water partition coefficient (Wildman–Crippen LogP) is 4.12. The van der Waals surface area contributed by atoms with Gasteiger partial charge in [-0.15, -0.1) is 0 Å². The summed E-state index contributed by atoms with van der Waals surface area (Å²) in [5, 5.41) is 12.0. The van der Waals surface area contributed by atoms with Crippen molar-refractivity contribution in [3.8, 4) is 17.4 Å². The van der Waals surface area contributed by atoms with Gasteiger partial charge in [0.1, 0.15) is 23.4 Å². The molecule has 116 valence electrons. The van der Waals surface area contributed by atoms with Crippen LogP contribution in [0.25, 0.3) is 11.3 Å². The Morgan fingerprint density at radius 3 is 2.78 bits per heavy atom. The Bertz CT molecular complexity index is 861. The van der Waals surface area contributed by atoms with Gasteiger partial charge in [-0.05, 0) is 24.3 Å². The zero-order chi connectivity index (χ0) is 16.2. The van der Waals surface area contributed by atoms with E-state index in [1.54, 1.807) is 30.3 Å². The lowest BCUT2D eigenvalue weighted by molar-refractivity contribution is 0.499. The van der Waals surface area contributed by atoms with Crippen LogP contribution in [0, 0.1) is 17.1 Å². The molecular formula is C17H14FN3O2. The smallest absolute Gasteiger partial charge is 0.232 e. The molecule has 2 heterocycles. The molecule has 3 rings (SSSR count). The molecule has 1 aromatic carbocycles. The van der Waals surface area contributed by atoms with E-state index in [1.807, 2.05) is 13.0 Å². The number of hydrogen-bond donors (Lipinski definition) is 1. The van der Waals surface area contributed by atoms with Crippen molar-refractivity contribution in [2.24, 2.45) is 0 Å². The normalized spacial score (nSPS) is 10.5. The number of halogens is 1. The number of aryl methyl sites for hydroxylation is 1. The molecule has 6 heteroatoms. The fourth-order valence-corrected chi connectivity index (χ4v) is 2.16. The Balaban J connectivity index is 1.74. The van der Waals surface area contributed by atoms with E-state index in [4.69, 9.17) is 14.1 Å². The van der Waals surface area contributed by atoms with Gasteiger partial charge in [0.05, 0.1) is 12.1 Å². The fourth-order valence-electron chi connectivity index (χ4n) is 2.16. The van der Waals surface area contributed by atoms with Crippen LogP contribution < -0.4 is 5.32 Å². The van der Waals surface area contributed by atoms with Crippen molar-refractivity contribution < 1.29 is 13.2 Å². The summed E-state index contributed by atoms with van der Waals surface area (Å²) in [6.45, 7) is 2.20. The number of nitrogens with zero attached hydrogens (tertiary/aromatic N) is 2. The standard InChI is InChI=1S/C17H14FN3O2/c1-2-16-21-14(9-19)17(23-16)20-10-11-7-8-15(22-11)12-5-3-4-6-13(12)18/h3-8,20H,2,10H2,1H3. The molecule has 0 spiro atoms. The third-order valence-corrected chi connectivity index (χ3v) is 3.30. The molecule has 3 aromatic rings. The summed E-state index contributed by atoms with van der Waals surface area (Å²) in [6, 6.07) is 11.8. The molecule has 5 nitrogen and oxygen atoms in total. The van der Waals surface area contributed by atoms with Gasteiger partial charge in [-0.1, -0.05) is 19.1 Å². The Hall–Kier alpha value is -3.07. The van der Waals surface area contributed by atoms with Gasteiger partial charge in [0.15, 0.2) is 5.89 Å². The lowest BCUT2D eigenvalue weighted by Crippen LogP contribution is -1.98. The third kappa shape index (κ3) is 3.09. The second-order valence-electron chi connectivity index (χ2n) is 4.85. The lowest BCUT2D eigenvalue weighted by atomic mass is 10.1. The molecule has 0 saturated heterocycles. The van der Waals surface area contributed by atoms with Crippen LogP contribution in [0.1, 0.15) is 24.3 Å². The number of anilines is 1. The van der Waals surface area contributed by atoms with Crippen LogP contribution in [-0.4, -0.2) is 4.98 Å². The van der Waals surface area contributed by atoms with Crippen molar-refractivity contribution in [1.82, 2.24) is 4.98 Å². The number of furan rings is 1. The van der Waals surface area contributed by atoms with Gasteiger partial charge in [0.25, 0.3) is 0 Å². The largest absolute Gasteiger partial charge is 0.459 e. The molecule has 1 N–H and O–H groups in total. The molecule has 0 aliphatic rings. The third-order valence-electron chi connectivity index (χ3n) is 3.30. The summed E-state index contributed by atoms with van der Waals surface area (Å²) in [6.07, 6.45) is 0.606. The molecule has 0 radical (unpaired) electrons. The minimum absolute atomic E-state index is 0.211. The van der Waals surface area contributed by atoms with E-state index < -0.39 is 0 Å². The number of aromatic nitrogens is 1. The van der Waals surface area contributed by atoms with Crippen molar-refractivity contribution in [3.63, 3.8) is 0 Å². The Morgan fingerprint density at radius 2 is 2.04 bits per heavy atom. The van der Waals surface area contributed by atoms with Gasteiger partial charge in [-0.25, -0.2) is 9.37 Å². The minimum atomic E-state index is -0.337. The number of nitriles is 1. The zero-order valence-corrected chi connectivity index (χ0v) is 12.5. The van der Waals surface area contributed by atoms with Gasteiger partial charge in [-0.2, -0.15) is 5.26 Å². The van der Waals surface area contributed by atoms with Crippen molar-refractivity contribution in [2.45, 2.75) is 19.9 Å². The molecule has 23 heavy (non-hydrogen) atoms. The van der Waals surface area contributed by atoms with Gasteiger partial charge in [0.2, 0.25) is 11.6 Å². The van der Waals surface area contributed by atoms with Crippen LogP contribution in [-0.2, 0) is 13.0 Å². The lowest BCUT2D eigenvalue weighted by Gasteiger charge is -2.01. The SMILES string of the molecule is CCc1nc(C#N)c(NCc2ccc(-c3ccccc3F)o2)o1. The van der Waals surface area contributed by atoms with Gasteiger partial charge < -0.3 is 14.2 Å². The predicted molar refractivity (Wildman–Crippen MR) is 82.0 cm³/mol. The monoisotopic (exact) mass is 311 g/mol. The second kappa shape index (κ2) is 6.36. The molecule has 0 bridgehead atoms. The first-order valence-corrected chi connectivity index (χ1v) is 7.18. The van der Waals surface area contributed by atoms with E-state index >= 15 is 0 Å². The molecule has 2 aromatic heterocycles. The highest BCUT2D eigenvalue weighted by atomic mass is 19.1. The first kappa shape index (κ1) is 14.9. The maximum absolute atomic E-state index is 13.7. The summed E-state index contributed by atoms with van der Waals surface area (Å²) >= 11 is 0. The maximum atomic E-state index is 13.7. The summed E-state index contributed by atoms with van der Waals surface area (Å²) in [7, 11) is 0. The molecule has 0 atom stereocenters. The first-order valence-electron chi connectivity index (χ1n) is 7.18. The van der Waals surface area contributed by atoms with Crippen LogP contribution in [0.2, 0.25) is 0 Å². The van der Waals surface area contributed by atoms with Gasteiger partial charge in [-0.3, -0.25) is 0 Å². The summed E-state index contributed by atoms with van der Waals surface area (Å²) in [5.41, 5.74) is 0.618. The fraction of sp³-hybridized carbons (Fsp3) is 0.176. The Labute approximate surface area is 132 Å². The van der Waals surface area contributed by atoms with E-state index in [-0.39, 0.29) is 11.5 Å². The number of benzene rings is 1. The number of rotatable bonds is 5. The maximum Gasteiger partial charge on any atom is 0.232 e. The van der Waals surface area contributed by atoms with Crippen molar-refractivity contribution in [3.05, 3.63) is 59.6 Å². The van der Waals surface area contributed by atoms with Crippen molar-refractivity contribution >= 4 is 5.88 Å². The van der Waals surface area contributed by atoms with Crippen molar-refractivity contribution in [2.75, 3.05) is 5.32 Å². The molecule has 0 aliphatic heterocycles. The van der Waals surface area contributed by atoms with Crippen molar-refractivity contribution in [1.29, 1.82) is 5.26 Å². The van der Waals surface area contributed by atoms with E-state index in [1.165, 1.54) is 6.07 Å². The van der Waals surface area contributed by atoms with E-state index in [0.717, 1.165) is 0 Å². The van der Waals surface area contributed by atoms with Crippen LogP contribution in [0.15, 0.2) is 45.2 Å². The van der Waals surface area contributed by atoms with Crippen LogP contribution >= 0.6 is 0 Å². The quantitative estimate of drug-likeness (QED) is 0.767. The first-order chi connectivity index (χ1) is 11.2. The molecule has 0 amide bonds.